The molecule has 1 aliphatic rings. The molecule has 0 bridgehead atoms. The van der Waals surface area contributed by atoms with E-state index in [0.717, 1.165) is 18.4 Å². The largest absolute Gasteiger partial charge is 0.192 e. The highest BCUT2D eigenvalue weighted by Crippen LogP contribution is 2.23. The Kier molecular flexibility index (Phi) is 3.88. The lowest BCUT2D eigenvalue weighted by Crippen LogP contribution is -1.92. The second kappa shape index (κ2) is 5.17. The van der Waals surface area contributed by atoms with Gasteiger partial charge in [0.2, 0.25) is 0 Å². The second-order valence-corrected chi connectivity index (χ2v) is 3.60. The lowest BCUT2D eigenvalue weighted by Gasteiger charge is -2.11. The van der Waals surface area contributed by atoms with Crippen molar-refractivity contribution in [2.24, 2.45) is 0 Å². The topological polar surface area (TPSA) is 23.8 Å². The molecule has 0 unspecified atom stereocenters. The Bertz CT molecular complexity index is 411. The summed E-state index contributed by atoms with van der Waals surface area (Å²) in [4.78, 5) is 0. The molecular formula is C14H15N. The average molecular weight is 197 g/mol. The van der Waals surface area contributed by atoms with Gasteiger partial charge in [-0.1, -0.05) is 37.0 Å². The van der Waals surface area contributed by atoms with Gasteiger partial charge >= 0.3 is 0 Å². The van der Waals surface area contributed by atoms with Gasteiger partial charge in [0.05, 0.1) is 11.6 Å². The standard InChI is InChI=1S/C14H15N/c1-4-13(10-15)9-12(3)14-7-5-6-11(2)8-14/h4,6,8-9H,1,3,5,7H2,2H3/b13-9+. The molecule has 0 spiro atoms. The molecule has 0 aliphatic heterocycles. The molecule has 0 amide bonds. The zero-order chi connectivity index (χ0) is 11.3. The van der Waals surface area contributed by atoms with Gasteiger partial charge < -0.3 is 0 Å². The van der Waals surface area contributed by atoms with E-state index in [1.54, 1.807) is 12.2 Å². The average Bonchev–Trinajstić information content (AvgIpc) is 2.25. The van der Waals surface area contributed by atoms with Gasteiger partial charge in [0.15, 0.2) is 0 Å². The summed E-state index contributed by atoms with van der Waals surface area (Å²) < 4.78 is 0. The van der Waals surface area contributed by atoms with Crippen molar-refractivity contribution < 1.29 is 0 Å². The van der Waals surface area contributed by atoms with E-state index in [1.807, 2.05) is 0 Å². The lowest BCUT2D eigenvalue weighted by molar-refractivity contribution is 0.962. The summed E-state index contributed by atoms with van der Waals surface area (Å²) in [5, 5.41) is 8.76. The third kappa shape index (κ3) is 3.11. The van der Waals surface area contributed by atoms with Gasteiger partial charge in [-0.2, -0.15) is 5.26 Å². The van der Waals surface area contributed by atoms with Crippen molar-refractivity contribution in [1.29, 1.82) is 5.26 Å². The number of hydrogen-bond acceptors (Lipinski definition) is 1. The predicted octanol–water partition coefficient (Wildman–Crippen LogP) is 3.85. The molecule has 1 nitrogen and oxygen atoms in total. The molecule has 0 atom stereocenters. The molecule has 0 N–H and O–H groups in total. The van der Waals surface area contributed by atoms with E-state index in [2.05, 4.69) is 38.3 Å². The summed E-state index contributed by atoms with van der Waals surface area (Å²) >= 11 is 0. The van der Waals surface area contributed by atoms with Crippen LogP contribution in [0, 0.1) is 11.3 Å². The number of nitriles is 1. The van der Waals surface area contributed by atoms with Crippen molar-refractivity contribution in [3.05, 3.63) is 59.8 Å². The molecule has 76 valence electrons. The third-order valence-corrected chi connectivity index (χ3v) is 2.37. The molecule has 0 fully saturated rings. The van der Waals surface area contributed by atoms with Crippen LogP contribution >= 0.6 is 0 Å². The quantitative estimate of drug-likeness (QED) is 0.498. The second-order valence-electron chi connectivity index (χ2n) is 3.60. The minimum atomic E-state index is 0.563. The monoisotopic (exact) mass is 197 g/mol. The van der Waals surface area contributed by atoms with Crippen LogP contribution in [0.4, 0.5) is 0 Å². The number of allylic oxidation sites excluding steroid dienone is 8. The summed E-state index contributed by atoms with van der Waals surface area (Å²) in [5.74, 6) is 0. The Morgan fingerprint density at radius 2 is 2.33 bits per heavy atom. The van der Waals surface area contributed by atoms with E-state index in [0.29, 0.717) is 5.57 Å². The molecule has 15 heavy (non-hydrogen) atoms. The Morgan fingerprint density at radius 3 is 2.87 bits per heavy atom. The van der Waals surface area contributed by atoms with Crippen LogP contribution in [0.1, 0.15) is 19.8 Å². The van der Waals surface area contributed by atoms with Crippen LogP contribution in [0.5, 0.6) is 0 Å². The van der Waals surface area contributed by atoms with Crippen molar-refractivity contribution in [2.75, 3.05) is 0 Å². The number of hydrogen-bond donors (Lipinski definition) is 0. The number of nitrogens with zero attached hydrogens (tertiary/aromatic N) is 1. The third-order valence-electron chi connectivity index (χ3n) is 2.37. The van der Waals surface area contributed by atoms with Crippen LogP contribution in [-0.4, -0.2) is 0 Å². The summed E-state index contributed by atoms with van der Waals surface area (Å²) in [6.07, 6.45) is 9.73. The molecule has 0 saturated carbocycles. The minimum absolute atomic E-state index is 0.563. The van der Waals surface area contributed by atoms with Crippen molar-refractivity contribution >= 4 is 0 Å². The first-order chi connectivity index (χ1) is 7.17. The zero-order valence-corrected chi connectivity index (χ0v) is 9.09. The molecular weight excluding hydrogens is 182 g/mol. The fourth-order valence-electron chi connectivity index (χ4n) is 1.53. The van der Waals surface area contributed by atoms with E-state index in [4.69, 9.17) is 5.26 Å². The highest BCUT2D eigenvalue weighted by Gasteiger charge is 2.05. The van der Waals surface area contributed by atoms with Gasteiger partial charge in [0.1, 0.15) is 0 Å². The highest BCUT2D eigenvalue weighted by molar-refractivity contribution is 5.48. The van der Waals surface area contributed by atoms with Crippen molar-refractivity contribution in [2.45, 2.75) is 19.8 Å². The maximum atomic E-state index is 8.76. The lowest BCUT2D eigenvalue weighted by atomic mass is 9.94. The number of rotatable bonds is 3. The molecule has 1 rings (SSSR count). The van der Waals surface area contributed by atoms with Crippen LogP contribution in [0.3, 0.4) is 0 Å². The first-order valence-corrected chi connectivity index (χ1v) is 4.98. The highest BCUT2D eigenvalue weighted by atomic mass is 14.2. The zero-order valence-electron chi connectivity index (χ0n) is 9.09. The van der Waals surface area contributed by atoms with Gasteiger partial charge in [-0.25, -0.2) is 0 Å². The van der Waals surface area contributed by atoms with Crippen molar-refractivity contribution in [3.8, 4) is 6.07 Å². The van der Waals surface area contributed by atoms with E-state index in [-0.39, 0.29) is 0 Å². The van der Waals surface area contributed by atoms with Crippen LogP contribution in [0.15, 0.2) is 59.8 Å². The smallest absolute Gasteiger partial charge is 0.0991 e. The molecule has 0 aromatic carbocycles. The normalized spacial score (nSPS) is 16.1. The summed E-state index contributed by atoms with van der Waals surface area (Å²) in [6.45, 7) is 9.64. The van der Waals surface area contributed by atoms with Crippen molar-refractivity contribution in [1.82, 2.24) is 0 Å². The van der Waals surface area contributed by atoms with Gasteiger partial charge in [-0.05, 0) is 37.0 Å². The first kappa shape index (κ1) is 11.3. The Morgan fingerprint density at radius 1 is 1.60 bits per heavy atom. The Labute approximate surface area is 91.4 Å². The molecule has 0 aromatic rings. The van der Waals surface area contributed by atoms with E-state index in [9.17, 15) is 0 Å². The fraction of sp³-hybridized carbons (Fsp3) is 0.214. The maximum absolute atomic E-state index is 8.76. The van der Waals surface area contributed by atoms with Gasteiger partial charge in [0, 0.05) is 0 Å². The van der Waals surface area contributed by atoms with E-state index >= 15 is 0 Å². The SMILES string of the molecule is C=C/C(C#N)=C\C(=C)C1=CC(C)=CCC1. The molecule has 0 saturated heterocycles. The van der Waals surface area contributed by atoms with E-state index in [1.165, 1.54) is 11.1 Å². The molecule has 1 heteroatoms. The Hall–Kier alpha value is -1.81. The van der Waals surface area contributed by atoms with Crippen LogP contribution in [0.25, 0.3) is 0 Å². The van der Waals surface area contributed by atoms with Gasteiger partial charge in [-0.3, -0.25) is 0 Å². The Balaban J connectivity index is 2.88. The van der Waals surface area contributed by atoms with Crippen LogP contribution < -0.4 is 0 Å². The molecule has 0 aromatic heterocycles. The minimum Gasteiger partial charge on any atom is -0.192 e. The molecule has 1 aliphatic carbocycles. The predicted molar refractivity (Wildman–Crippen MR) is 64.1 cm³/mol. The summed E-state index contributed by atoms with van der Waals surface area (Å²) in [7, 11) is 0. The summed E-state index contributed by atoms with van der Waals surface area (Å²) in [5.41, 5.74) is 3.96. The van der Waals surface area contributed by atoms with Gasteiger partial charge in [0.25, 0.3) is 0 Å². The van der Waals surface area contributed by atoms with Crippen LogP contribution in [-0.2, 0) is 0 Å². The fourth-order valence-corrected chi connectivity index (χ4v) is 1.53. The van der Waals surface area contributed by atoms with Crippen molar-refractivity contribution in [3.63, 3.8) is 0 Å². The maximum Gasteiger partial charge on any atom is 0.0991 e. The summed E-state index contributed by atoms with van der Waals surface area (Å²) in [6, 6.07) is 2.07. The van der Waals surface area contributed by atoms with Crippen LogP contribution in [0.2, 0.25) is 0 Å². The molecule has 0 heterocycles. The first-order valence-electron chi connectivity index (χ1n) is 4.98. The molecule has 0 radical (unpaired) electrons. The van der Waals surface area contributed by atoms with E-state index < -0.39 is 0 Å². The van der Waals surface area contributed by atoms with Gasteiger partial charge in [-0.15, -0.1) is 0 Å².